The van der Waals surface area contributed by atoms with Crippen molar-refractivity contribution in [3.8, 4) is 0 Å². The summed E-state index contributed by atoms with van der Waals surface area (Å²) in [5.41, 5.74) is 7.68. The predicted octanol–water partition coefficient (Wildman–Crippen LogP) is 6.25. The highest BCUT2D eigenvalue weighted by Gasteiger charge is 2.09. The summed E-state index contributed by atoms with van der Waals surface area (Å²) in [6.45, 7) is 4.67. The van der Waals surface area contributed by atoms with Gasteiger partial charge < -0.3 is 0 Å². The average Bonchev–Trinajstić information content (AvgIpc) is 2.56. The van der Waals surface area contributed by atoms with E-state index in [1.165, 1.54) is 68.1 Å². The first kappa shape index (κ1) is 16.3. The van der Waals surface area contributed by atoms with E-state index in [4.69, 9.17) is 0 Å². The summed E-state index contributed by atoms with van der Waals surface area (Å²) in [5, 5.41) is 0. The molecule has 4 aliphatic carbocycles. The fourth-order valence-corrected chi connectivity index (χ4v) is 3.74. The summed E-state index contributed by atoms with van der Waals surface area (Å²) in [7, 11) is 0. The Morgan fingerprint density at radius 1 is 0.609 bits per heavy atom. The predicted molar refractivity (Wildman–Crippen MR) is 100 cm³/mol. The third kappa shape index (κ3) is 4.47. The molecule has 0 saturated carbocycles. The van der Waals surface area contributed by atoms with E-state index in [1.54, 1.807) is 11.1 Å². The molecule has 2 aromatic carbocycles. The lowest BCUT2D eigenvalue weighted by molar-refractivity contribution is 0.711. The molecule has 0 fully saturated rings. The molecule has 0 aromatic heterocycles. The summed E-state index contributed by atoms with van der Waals surface area (Å²) in [6, 6.07) is 16.6. The van der Waals surface area contributed by atoms with Gasteiger partial charge in [-0.2, -0.15) is 0 Å². The second-order valence-electron chi connectivity index (χ2n) is 7.42. The quantitative estimate of drug-likeness (QED) is 0.584. The minimum Gasteiger partial charge on any atom is -0.0588 e. The van der Waals surface area contributed by atoms with Crippen LogP contribution in [-0.2, 0) is 25.7 Å². The van der Waals surface area contributed by atoms with Gasteiger partial charge in [0, 0.05) is 0 Å². The Hall–Kier alpha value is -1.56. The summed E-state index contributed by atoms with van der Waals surface area (Å²) in [6.07, 6.45) is 10.0. The number of hydrogen-bond acceptors (Lipinski definition) is 0. The molecule has 4 bridgehead atoms. The van der Waals surface area contributed by atoms with Crippen molar-refractivity contribution in [2.24, 2.45) is 0 Å². The van der Waals surface area contributed by atoms with Crippen LogP contribution in [0.2, 0.25) is 0 Å². The van der Waals surface area contributed by atoms with E-state index in [2.05, 4.69) is 56.3 Å². The lowest BCUT2D eigenvalue weighted by Crippen LogP contribution is -2.00. The van der Waals surface area contributed by atoms with Crippen LogP contribution in [0.1, 0.15) is 73.3 Å². The van der Waals surface area contributed by atoms with Gasteiger partial charge in [0.15, 0.2) is 0 Å². The van der Waals surface area contributed by atoms with E-state index in [-0.39, 0.29) is 0 Å². The lowest BCUT2D eigenvalue weighted by atomic mass is 9.90. The van der Waals surface area contributed by atoms with E-state index < -0.39 is 0 Å². The van der Waals surface area contributed by atoms with Crippen molar-refractivity contribution < 1.29 is 0 Å². The van der Waals surface area contributed by atoms with Crippen molar-refractivity contribution in [2.45, 2.75) is 71.1 Å². The number of aryl methyl sites for hydroxylation is 4. The van der Waals surface area contributed by atoms with Crippen LogP contribution >= 0.6 is 0 Å². The van der Waals surface area contributed by atoms with Gasteiger partial charge in [0.2, 0.25) is 0 Å². The van der Waals surface area contributed by atoms with Gasteiger partial charge in [-0.05, 0) is 85.1 Å². The van der Waals surface area contributed by atoms with E-state index in [9.17, 15) is 0 Å². The number of hydrogen-bond donors (Lipinski definition) is 0. The molecule has 2 aromatic rings. The summed E-state index contributed by atoms with van der Waals surface area (Å²) in [4.78, 5) is 0. The van der Waals surface area contributed by atoms with E-state index in [1.807, 2.05) is 0 Å². The second-order valence-corrected chi connectivity index (χ2v) is 7.42. The molecule has 0 aliphatic heterocycles. The summed E-state index contributed by atoms with van der Waals surface area (Å²) < 4.78 is 0. The molecule has 0 nitrogen and oxygen atoms in total. The molecule has 0 amide bonds. The van der Waals surface area contributed by atoms with E-state index in [0.29, 0.717) is 5.92 Å². The molecule has 0 radical (unpaired) electrons. The standard InChI is InChI=1S/C23H30/c1-18(2)23-17-21-9-4-3-7-19-11-13-20(14-12-19)8-5-6-10-22(23)16-15-21/h11-18H,3-10H2,1-2H3. The van der Waals surface area contributed by atoms with Gasteiger partial charge in [0.25, 0.3) is 0 Å². The largest absolute Gasteiger partial charge is 0.0588 e. The Morgan fingerprint density at radius 3 is 1.65 bits per heavy atom. The molecular formula is C23H30. The zero-order valence-electron chi connectivity index (χ0n) is 14.8. The van der Waals surface area contributed by atoms with Crippen LogP contribution < -0.4 is 0 Å². The summed E-state index contributed by atoms with van der Waals surface area (Å²) >= 11 is 0. The minimum absolute atomic E-state index is 0.635. The van der Waals surface area contributed by atoms with Crippen molar-refractivity contribution >= 4 is 0 Å². The van der Waals surface area contributed by atoms with Crippen LogP contribution in [0.4, 0.5) is 0 Å². The first-order chi connectivity index (χ1) is 11.2. The fourth-order valence-electron chi connectivity index (χ4n) is 3.74. The number of rotatable bonds is 1. The van der Waals surface area contributed by atoms with Crippen LogP contribution in [-0.4, -0.2) is 0 Å². The molecule has 122 valence electrons. The van der Waals surface area contributed by atoms with Gasteiger partial charge in [-0.15, -0.1) is 0 Å². The molecule has 4 aliphatic rings. The van der Waals surface area contributed by atoms with Crippen molar-refractivity contribution in [3.05, 3.63) is 70.3 Å². The molecule has 0 spiro atoms. The van der Waals surface area contributed by atoms with Crippen LogP contribution in [0.3, 0.4) is 0 Å². The minimum atomic E-state index is 0.635. The number of benzene rings is 2. The van der Waals surface area contributed by atoms with Crippen molar-refractivity contribution in [3.63, 3.8) is 0 Å². The van der Waals surface area contributed by atoms with Gasteiger partial charge in [-0.3, -0.25) is 0 Å². The Labute approximate surface area is 141 Å². The Kier molecular flexibility index (Phi) is 5.54. The maximum Gasteiger partial charge on any atom is -0.0216 e. The van der Waals surface area contributed by atoms with Crippen LogP contribution in [0.5, 0.6) is 0 Å². The maximum absolute atomic E-state index is 2.49. The Balaban J connectivity index is 1.79. The molecule has 6 rings (SSSR count). The van der Waals surface area contributed by atoms with Crippen molar-refractivity contribution in [2.75, 3.05) is 0 Å². The molecule has 0 heterocycles. The summed E-state index contributed by atoms with van der Waals surface area (Å²) in [5.74, 6) is 0.635. The highest BCUT2D eigenvalue weighted by molar-refractivity contribution is 5.34. The Bertz CT molecular complexity index is 619. The van der Waals surface area contributed by atoms with Gasteiger partial charge >= 0.3 is 0 Å². The Morgan fingerprint density at radius 2 is 1.09 bits per heavy atom. The average molecular weight is 306 g/mol. The first-order valence-corrected chi connectivity index (χ1v) is 9.42. The highest BCUT2D eigenvalue weighted by atomic mass is 14.1. The van der Waals surface area contributed by atoms with Crippen LogP contribution in [0.15, 0.2) is 42.5 Å². The molecule has 0 atom stereocenters. The van der Waals surface area contributed by atoms with Crippen molar-refractivity contribution in [1.82, 2.24) is 0 Å². The normalized spacial score (nSPS) is 16.1. The highest BCUT2D eigenvalue weighted by Crippen LogP contribution is 2.24. The van der Waals surface area contributed by atoms with E-state index >= 15 is 0 Å². The van der Waals surface area contributed by atoms with Crippen molar-refractivity contribution in [1.29, 1.82) is 0 Å². The smallest absolute Gasteiger partial charge is 0.0216 e. The fraction of sp³-hybridized carbons (Fsp3) is 0.478. The first-order valence-electron chi connectivity index (χ1n) is 9.42. The third-order valence-corrected chi connectivity index (χ3v) is 5.20. The van der Waals surface area contributed by atoms with Gasteiger partial charge in [-0.1, -0.05) is 56.3 Å². The topological polar surface area (TPSA) is 0 Å². The molecule has 0 N–H and O–H groups in total. The monoisotopic (exact) mass is 306 g/mol. The molecule has 0 heteroatoms. The van der Waals surface area contributed by atoms with Gasteiger partial charge in [0.1, 0.15) is 0 Å². The van der Waals surface area contributed by atoms with Gasteiger partial charge in [0.05, 0.1) is 0 Å². The third-order valence-electron chi connectivity index (χ3n) is 5.20. The maximum atomic E-state index is 2.49. The zero-order chi connectivity index (χ0) is 16.1. The van der Waals surface area contributed by atoms with Crippen LogP contribution in [0.25, 0.3) is 0 Å². The van der Waals surface area contributed by atoms with E-state index in [0.717, 1.165) is 0 Å². The lowest BCUT2D eigenvalue weighted by Gasteiger charge is -2.15. The SMILES string of the molecule is CC(C)c1cc2ccc1CCCCc1ccc(cc1)CCCC2. The molecular weight excluding hydrogens is 276 g/mol. The molecule has 0 unspecified atom stereocenters. The molecule has 0 saturated heterocycles. The van der Waals surface area contributed by atoms with Gasteiger partial charge in [-0.25, -0.2) is 0 Å². The second kappa shape index (κ2) is 7.81. The molecule has 23 heavy (non-hydrogen) atoms. The van der Waals surface area contributed by atoms with Crippen LogP contribution in [0, 0.1) is 0 Å². The zero-order valence-corrected chi connectivity index (χ0v) is 14.8.